The van der Waals surface area contributed by atoms with Crippen molar-refractivity contribution in [1.29, 1.82) is 0 Å². The number of nitrogens with one attached hydrogen (secondary N) is 2. The van der Waals surface area contributed by atoms with Crippen molar-refractivity contribution in [2.24, 2.45) is 0 Å². The lowest BCUT2D eigenvalue weighted by Crippen LogP contribution is -2.23. The van der Waals surface area contributed by atoms with Gasteiger partial charge in [-0.15, -0.1) is 0 Å². The van der Waals surface area contributed by atoms with Crippen molar-refractivity contribution < 1.29 is 9.18 Å². The number of halogens is 1. The van der Waals surface area contributed by atoms with Crippen LogP contribution >= 0.6 is 0 Å². The maximum atomic E-state index is 12.9. The predicted molar refractivity (Wildman–Crippen MR) is 96.3 cm³/mol. The lowest BCUT2D eigenvalue weighted by molar-refractivity contribution is 0.0950. The summed E-state index contributed by atoms with van der Waals surface area (Å²) in [6.45, 7) is 2.47. The summed E-state index contributed by atoms with van der Waals surface area (Å²) in [6.07, 6.45) is 3.13. The summed E-state index contributed by atoms with van der Waals surface area (Å²) < 4.78 is 12.9. The molecule has 0 radical (unpaired) electrons. The first-order valence-electron chi connectivity index (χ1n) is 7.91. The molecule has 0 aliphatic rings. The van der Waals surface area contributed by atoms with Crippen LogP contribution in [0.3, 0.4) is 0 Å². The Morgan fingerprint density at radius 1 is 1.00 bits per heavy atom. The number of rotatable bonds is 5. The van der Waals surface area contributed by atoms with Crippen LogP contribution in [-0.2, 0) is 6.54 Å². The largest absolute Gasteiger partial charge is 0.354 e. The summed E-state index contributed by atoms with van der Waals surface area (Å²) in [7, 11) is 0. The van der Waals surface area contributed by atoms with E-state index in [1.165, 1.54) is 23.9 Å². The summed E-state index contributed by atoms with van der Waals surface area (Å²) in [5.74, 6) is -0.497. The van der Waals surface area contributed by atoms with Crippen molar-refractivity contribution in [3.05, 3.63) is 89.5 Å². The molecule has 3 aromatic rings. The van der Waals surface area contributed by atoms with E-state index in [1.54, 1.807) is 24.4 Å². The molecule has 0 atom stereocenters. The normalized spacial score (nSPS) is 10.3. The van der Waals surface area contributed by atoms with Gasteiger partial charge in [-0.1, -0.05) is 29.8 Å². The number of aromatic nitrogens is 1. The Bertz CT molecular complexity index is 861. The standard InChI is InChI=1S/C20H18FN3O/c1-14-2-4-15(5-3-14)11-23-20(25)16-10-19(13-22-12-16)24-18-8-6-17(21)7-9-18/h2-10,12-13,24H,11H2,1H3,(H,23,25). The first kappa shape index (κ1) is 16.6. The van der Waals surface area contributed by atoms with Crippen molar-refractivity contribution >= 4 is 17.3 Å². The highest BCUT2D eigenvalue weighted by Gasteiger charge is 2.07. The third-order valence-corrected chi connectivity index (χ3v) is 3.71. The minimum absolute atomic E-state index is 0.198. The molecule has 1 aromatic heterocycles. The predicted octanol–water partition coefficient (Wildman–Crippen LogP) is 4.20. The number of anilines is 2. The fraction of sp³-hybridized carbons (Fsp3) is 0.100. The summed E-state index contributed by atoms with van der Waals surface area (Å²) in [6, 6.07) is 15.7. The molecule has 0 fully saturated rings. The lowest BCUT2D eigenvalue weighted by atomic mass is 10.1. The quantitative estimate of drug-likeness (QED) is 0.735. The minimum Gasteiger partial charge on any atom is -0.354 e. The third-order valence-electron chi connectivity index (χ3n) is 3.71. The van der Waals surface area contributed by atoms with E-state index in [9.17, 15) is 9.18 Å². The van der Waals surface area contributed by atoms with E-state index < -0.39 is 0 Å². The van der Waals surface area contributed by atoms with Crippen molar-refractivity contribution in [1.82, 2.24) is 10.3 Å². The molecule has 2 aromatic carbocycles. The lowest BCUT2D eigenvalue weighted by Gasteiger charge is -2.09. The Balaban J connectivity index is 1.64. The average Bonchev–Trinajstić information content (AvgIpc) is 2.63. The number of hydrogen-bond acceptors (Lipinski definition) is 3. The van der Waals surface area contributed by atoms with Crippen molar-refractivity contribution in [3.8, 4) is 0 Å². The maximum Gasteiger partial charge on any atom is 0.253 e. The van der Waals surface area contributed by atoms with Gasteiger partial charge in [0.25, 0.3) is 5.91 Å². The number of carbonyl (C=O) groups is 1. The van der Waals surface area contributed by atoms with Gasteiger partial charge in [0.2, 0.25) is 0 Å². The topological polar surface area (TPSA) is 54.0 Å². The molecule has 0 spiro atoms. The molecule has 0 saturated carbocycles. The van der Waals surface area contributed by atoms with Gasteiger partial charge in [0, 0.05) is 18.4 Å². The van der Waals surface area contributed by atoms with Gasteiger partial charge in [0.1, 0.15) is 5.82 Å². The average molecular weight is 335 g/mol. The fourth-order valence-corrected chi connectivity index (χ4v) is 2.32. The molecule has 1 heterocycles. The van der Waals surface area contributed by atoms with Crippen LogP contribution in [0.25, 0.3) is 0 Å². The summed E-state index contributed by atoms with van der Waals surface area (Å²) in [5.41, 5.74) is 4.06. The van der Waals surface area contributed by atoms with Crippen LogP contribution in [0, 0.1) is 12.7 Å². The molecule has 0 unspecified atom stereocenters. The molecule has 0 bridgehead atoms. The van der Waals surface area contributed by atoms with Gasteiger partial charge >= 0.3 is 0 Å². The second-order valence-electron chi connectivity index (χ2n) is 5.76. The number of amides is 1. The van der Waals surface area contributed by atoms with Crippen LogP contribution in [0.1, 0.15) is 21.5 Å². The first-order chi connectivity index (χ1) is 12.1. The highest BCUT2D eigenvalue weighted by molar-refractivity contribution is 5.94. The molecule has 0 aliphatic heterocycles. The molecule has 5 heteroatoms. The molecule has 3 rings (SSSR count). The summed E-state index contributed by atoms with van der Waals surface area (Å²) in [5, 5.41) is 5.97. The second kappa shape index (κ2) is 7.57. The van der Waals surface area contributed by atoms with E-state index in [1.807, 2.05) is 31.2 Å². The van der Waals surface area contributed by atoms with Gasteiger partial charge in [-0.25, -0.2) is 4.39 Å². The van der Waals surface area contributed by atoms with Crippen LogP contribution in [-0.4, -0.2) is 10.9 Å². The monoisotopic (exact) mass is 335 g/mol. The number of aryl methyl sites for hydroxylation is 1. The Labute approximate surface area is 145 Å². The van der Waals surface area contributed by atoms with Gasteiger partial charge in [-0.3, -0.25) is 9.78 Å². The van der Waals surface area contributed by atoms with E-state index in [-0.39, 0.29) is 11.7 Å². The van der Waals surface area contributed by atoms with Crippen molar-refractivity contribution in [2.75, 3.05) is 5.32 Å². The molecule has 1 amide bonds. The molecular weight excluding hydrogens is 317 g/mol. The van der Waals surface area contributed by atoms with E-state index >= 15 is 0 Å². The molecule has 126 valence electrons. The first-order valence-corrected chi connectivity index (χ1v) is 7.91. The van der Waals surface area contributed by atoms with Crippen LogP contribution in [0.4, 0.5) is 15.8 Å². The third kappa shape index (κ3) is 4.64. The molecule has 0 aliphatic carbocycles. The second-order valence-corrected chi connectivity index (χ2v) is 5.76. The Hall–Kier alpha value is -3.21. The fourth-order valence-electron chi connectivity index (χ4n) is 2.32. The van der Waals surface area contributed by atoms with Crippen molar-refractivity contribution in [2.45, 2.75) is 13.5 Å². The highest BCUT2D eigenvalue weighted by Crippen LogP contribution is 2.17. The SMILES string of the molecule is Cc1ccc(CNC(=O)c2cncc(Nc3ccc(F)cc3)c2)cc1. The van der Waals surface area contributed by atoms with Crippen LogP contribution < -0.4 is 10.6 Å². The van der Waals surface area contributed by atoms with E-state index in [2.05, 4.69) is 15.6 Å². The molecular formula is C20H18FN3O. The van der Waals surface area contributed by atoms with Gasteiger partial charge in [-0.05, 0) is 42.8 Å². The minimum atomic E-state index is -0.298. The van der Waals surface area contributed by atoms with Gasteiger partial charge in [-0.2, -0.15) is 0 Å². The zero-order chi connectivity index (χ0) is 17.6. The summed E-state index contributed by atoms with van der Waals surface area (Å²) in [4.78, 5) is 16.4. The summed E-state index contributed by atoms with van der Waals surface area (Å²) >= 11 is 0. The Morgan fingerprint density at radius 2 is 1.72 bits per heavy atom. The van der Waals surface area contributed by atoms with Gasteiger partial charge < -0.3 is 10.6 Å². The molecule has 0 saturated heterocycles. The highest BCUT2D eigenvalue weighted by atomic mass is 19.1. The molecule has 4 nitrogen and oxygen atoms in total. The zero-order valence-corrected chi connectivity index (χ0v) is 13.8. The number of nitrogens with zero attached hydrogens (tertiary/aromatic N) is 1. The zero-order valence-electron chi connectivity index (χ0n) is 13.8. The van der Waals surface area contributed by atoms with E-state index in [0.717, 1.165) is 11.3 Å². The van der Waals surface area contributed by atoms with Crippen LogP contribution in [0.2, 0.25) is 0 Å². The van der Waals surface area contributed by atoms with Crippen LogP contribution in [0.15, 0.2) is 67.0 Å². The number of hydrogen-bond donors (Lipinski definition) is 2. The van der Waals surface area contributed by atoms with E-state index in [0.29, 0.717) is 17.8 Å². The Morgan fingerprint density at radius 3 is 2.44 bits per heavy atom. The number of carbonyl (C=O) groups excluding carboxylic acids is 1. The van der Waals surface area contributed by atoms with Crippen molar-refractivity contribution in [3.63, 3.8) is 0 Å². The van der Waals surface area contributed by atoms with Gasteiger partial charge in [0.05, 0.1) is 17.4 Å². The Kier molecular flexibility index (Phi) is 5.04. The van der Waals surface area contributed by atoms with Crippen LogP contribution in [0.5, 0.6) is 0 Å². The molecule has 25 heavy (non-hydrogen) atoms. The number of benzene rings is 2. The molecule has 2 N–H and O–H groups in total. The smallest absolute Gasteiger partial charge is 0.253 e. The number of pyridine rings is 1. The van der Waals surface area contributed by atoms with E-state index in [4.69, 9.17) is 0 Å². The maximum absolute atomic E-state index is 12.9. The van der Waals surface area contributed by atoms with Gasteiger partial charge in [0.15, 0.2) is 0 Å².